The number of hydrogen-bond acceptors (Lipinski definition) is 18. The van der Waals surface area contributed by atoms with Crippen LogP contribution in [0.4, 0.5) is 10.3 Å². The van der Waals surface area contributed by atoms with Gasteiger partial charge in [-0.05, 0) is 71.4 Å². The van der Waals surface area contributed by atoms with Crippen LogP contribution in [0.1, 0.15) is 73.4 Å². The Bertz CT molecular complexity index is 1770. The number of nitrogens with zero attached hydrogens (tertiary/aromatic N) is 5. The Kier molecular flexibility index (Phi) is 14.4. The first-order valence-electron chi connectivity index (χ1n) is 19.6. The molecule has 18 nitrogen and oxygen atoms in total. The predicted molar refractivity (Wildman–Crippen MR) is 203 cm³/mol. The van der Waals surface area contributed by atoms with Crippen LogP contribution < -0.4 is 5.73 Å². The number of aliphatic hydroxyl groups is 2. The molecule has 58 heavy (non-hydrogen) atoms. The molecule has 0 aromatic carbocycles. The number of aromatic nitrogens is 3. The fourth-order valence-corrected chi connectivity index (χ4v) is 7.89. The second kappa shape index (κ2) is 18.5. The number of aliphatic hydroxyl groups excluding tert-OH is 1. The molecular weight excluding hydrogens is 763 g/mol. The molecule has 0 spiro atoms. The molecule has 5 heterocycles. The summed E-state index contributed by atoms with van der Waals surface area (Å²) in [6, 6.07) is 2.95. The summed E-state index contributed by atoms with van der Waals surface area (Å²) < 4.78 is 52.6. The first-order valence-corrected chi connectivity index (χ1v) is 19.6. The largest absolute Gasteiger partial charge is 0.457 e. The number of carbonyl (C=O) groups is 3. The van der Waals surface area contributed by atoms with E-state index in [0.717, 1.165) is 6.92 Å². The number of alkyl halides is 1. The van der Waals surface area contributed by atoms with E-state index < -0.39 is 83.6 Å². The van der Waals surface area contributed by atoms with E-state index in [2.05, 4.69) is 20.3 Å². The molecular formula is C39H57FN6O12. The lowest BCUT2D eigenvalue weighted by Crippen LogP contribution is -2.59. The van der Waals surface area contributed by atoms with E-state index in [1.165, 1.54) is 20.0 Å². The highest BCUT2D eigenvalue weighted by Gasteiger charge is 2.54. The summed E-state index contributed by atoms with van der Waals surface area (Å²) in [6.45, 7) is 9.47. The number of rotatable bonds is 8. The Labute approximate surface area is 336 Å². The molecule has 3 fully saturated rings. The van der Waals surface area contributed by atoms with Gasteiger partial charge in [-0.2, -0.15) is 4.98 Å². The number of halogens is 1. The summed E-state index contributed by atoms with van der Waals surface area (Å²) in [5, 5.41) is 31.4. The van der Waals surface area contributed by atoms with Gasteiger partial charge >= 0.3 is 5.97 Å². The van der Waals surface area contributed by atoms with E-state index in [1.807, 2.05) is 11.8 Å². The van der Waals surface area contributed by atoms with Crippen molar-refractivity contribution in [1.29, 1.82) is 0 Å². The second-order valence-corrected chi connectivity index (χ2v) is 16.2. The SMILES string of the molecule is CC[C@H]1OC(=O)[C@](C)(F)C(=O)[C@H](C)[C@@H](O[C@@H]2O[C@H](C)C[C@H](N(C)C)[C@H]2O)[C@H]2C[C@@H](C)C(=O)[C@H](C)[C@H](OC/C(=N\OCc3ccc(-c4nc(N)no4)cn3)CO2)[C@]1(C)O. The van der Waals surface area contributed by atoms with Crippen LogP contribution in [0.3, 0.4) is 0 Å². The summed E-state index contributed by atoms with van der Waals surface area (Å²) in [6.07, 6.45) is -6.26. The van der Waals surface area contributed by atoms with Crippen molar-refractivity contribution >= 4 is 29.2 Å². The minimum atomic E-state index is -3.21. The van der Waals surface area contributed by atoms with E-state index in [4.69, 9.17) is 38.8 Å². The monoisotopic (exact) mass is 820 g/mol. The number of ketones is 2. The minimum absolute atomic E-state index is 0.0189. The summed E-state index contributed by atoms with van der Waals surface area (Å²) in [7, 11) is 3.60. The van der Waals surface area contributed by atoms with Gasteiger partial charge < -0.3 is 53.9 Å². The lowest BCUT2D eigenvalue weighted by molar-refractivity contribution is -0.284. The number of pyridine rings is 1. The fourth-order valence-electron chi connectivity index (χ4n) is 7.89. The third-order valence-corrected chi connectivity index (χ3v) is 11.3. The van der Waals surface area contributed by atoms with Gasteiger partial charge in [-0.3, -0.25) is 14.6 Å². The van der Waals surface area contributed by atoms with Gasteiger partial charge in [0.1, 0.15) is 29.3 Å². The van der Waals surface area contributed by atoms with Gasteiger partial charge in [0.05, 0.1) is 48.9 Å². The van der Waals surface area contributed by atoms with Crippen LogP contribution in [-0.4, -0.2) is 141 Å². The molecule has 3 saturated heterocycles. The Balaban J connectivity index is 1.55. The van der Waals surface area contributed by atoms with Gasteiger partial charge in [0, 0.05) is 30.0 Å². The van der Waals surface area contributed by atoms with Gasteiger partial charge in [0.25, 0.3) is 17.5 Å². The van der Waals surface area contributed by atoms with Crippen molar-refractivity contribution in [2.24, 2.45) is 22.9 Å². The Morgan fingerprint density at radius 1 is 1.07 bits per heavy atom. The number of Topliss-reactive ketones (excluding diaryl/α,β-unsaturated/α-hetero) is 2. The zero-order valence-electron chi connectivity index (χ0n) is 34.5. The second-order valence-electron chi connectivity index (χ2n) is 16.2. The molecule has 2 bridgehead atoms. The van der Waals surface area contributed by atoms with Crippen LogP contribution in [-0.2, 0) is 49.5 Å². The normalized spacial score (nSPS) is 37.8. The summed E-state index contributed by atoms with van der Waals surface area (Å²) in [5.74, 6) is -6.09. The number of fused-ring (bicyclic) bond motifs is 5. The van der Waals surface area contributed by atoms with Crippen LogP contribution in [0.2, 0.25) is 0 Å². The number of cyclic esters (lactones) is 1. The standard InChI is InChI=1S/C39H57FN6O12/c1-10-28-39(7,51)33-21(4)29(47)19(2)13-27(52-16-25(17-53-33)44-54-18-24-12-11-23(15-42-24)34-43-37(41)45-58-34)31(22(5)32(49)38(6,40)36(50)56-28)57-35-30(48)26(46(8)9)14-20(3)55-35/h11-12,15,19-22,26-28,30-31,33,35,48,51H,10,13-14,16-18H2,1-9H3,(H2,41,45)/b44-25-/t19-,20-,21+,22-,26+,27-,28-,30-,31-,33+,35+,38-,39-/m1/s1. The van der Waals surface area contributed by atoms with E-state index in [9.17, 15) is 24.6 Å². The Hall–Kier alpha value is -3.98. The summed E-state index contributed by atoms with van der Waals surface area (Å²) in [4.78, 5) is 57.9. The van der Waals surface area contributed by atoms with Crippen LogP contribution in [0, 0.1) is 17.8 Å². The molecule has 322 valence electrons. The average molecular weight is 821 g/mol. The molecule has 0 saturated carbocycles. The maximum atomic E-state index is 16.6. The van der Waals surface area contributed by atoms with Gasteiger partial charge in [0.2, 0.25) is 0 Å². The predicted octanol–water partition coefficient (Wildman–Crippen LogP) is 2.43. The number of oxime groups is 1. The quantitative estimate of drug-likeness (QED) is 0.197. The summed E-state index contributed by atoms with van der Waals surface area (Å²) in [5.41, 5.74) is 1.45. The number of ether oxygens (including phenoxy) is 5. The minimum Gasteiger partial charge on any atom is -0.457 e. The number of nitrogens with two attached hydrogens (primary N) is 1. The number of anilines is 1. The van der Waals surface area contributed by atoms with Crippen molar-refractivity contribution in [1.82, 2.24) is 20.0 Å². The number of carbonyl (C=O) groups excluding carboxylic acids is 3. The molecule has 19 heteroatoms. The molecule has 13 atom stereocenters. The molecule has 0 radical (unpaired) electrons. The number of esters is 1. The van der Waals surface area contributed by atoms with Crippen molar-refractivity contribution in [2.45, 2.75) is 135 Å². The van der Waals surface area contributed by atoms with Crippen molar-refractivity contribution in [3.63, 3.8) is 0 Å². The molecule has 0 unspecified atom stereocenters. The third kappa shape index (κ3) is 9.89. The van der Waals surface area contributed by atoms with Crippen LogP contribution in [0.5, 0.6) is 0 Å². The number of hydrogen-bond donors (Lipinski definition) is 3. The van der Waals surface area contributed by atoms with E-state index in [-0.39, 0.29) is 62.1 Å². The van der Waals surface area contributed by atoms with Gasteiger partial charge in [-0.25, -0.2) is 9.18 Å². The molecule has 4 N–H and O–H groups in total. The molecule has 3 aliphatic heterocycles. The lowest BCUT2D eigenvalue weighted by atomic mass is 9.77. The molecule has 2 aromatic heterocycles. The van der Waals surface area contributed by atoms with Crippen molar-refractivity contribution in [3.05, 3.63) is 24.0 Å². The van der Waals surface area contributed by atoms with Crippen LogP contribution >= 0.6 is 0 Å². The molecule has 0 amide bonds. The first-order chi connectivity index (χ1) is 27.3. The lowest BCUT2D eigenvalue weighted by Gasteiger charge is -2.44. The Morgan fingerprint density at radius 2 is 1.78 bits per heavy atom. The van der Waals surface area contributed by atoms with Gasteiger partial charge in [0.15, 0.2) is 18.7 Å². The molecule has 3 aliphatic rings. The van der Waals surface area contributed by atoms with Crippen LogP contribution in [0.25, 0.3) is 11.5 Å². The molecule has 5 rings (SSSR count). The number of likely N-dealkylation sites (N-methyl/N-ethyl adjacent to an activating group) is 1. The number of nitrogen functional groups attached to an aromatic ring is 1. The molecule has 2 aromatic rings. The maximum Gasteiger partial charge on any atom is 0.351 e. The highest BCUT2D eigenvalue weighted by molar-refractivity contribution is 6.07. The highest BCUT2D eigenvalue weighted by Crippen LogP contribution is 2.37. The topological polar surface area (TPSA) is 240 Å². The van der Waals surface area contributed by atoms with Crippen LogP contribution in [0.15, 0.2) is 28.0 Å². The highest BCUT2D eigenvalue weighted by atomic mass is 19.1. The zero-order chi connectivity index (χ0) is 42.7. The van der Waals surface area contributed by atoms with E-state index in [0.29, 0.717) is 17.7 Å². The van der Waals surface area contributed by atoms with Crippen molar-refractivity contribution in [3.8, 4) is 11.5 Å². The maximum absolute atomic E-state index is 16.6. The van der Waals surface area contributed by atoms with E-state index >= 15 is 4.39 Å². The fraction of sp³-hybridized carbons (Fsp3) is 0.718. The first kappa shape index (κ1) is 45.1. The smallest absolute Gasteiger partial charge is 0.351 e. The summed E-state index contributed by atoms with van der Waals surface area (Å²) >= 11 is 0. The van der Waals surface area contributed by atoms with Crippen molar-refractivity contribution in [2.75, 3.05) is 33.0 Å². The van der Waals surface area contributed by atoms with Gasteiger partial charge in [-0.1, -0.05) is 32.9 Å². The Morgan fingerprint density at radius 3 is 2.40 bits per heavy atom. The van der Waals surface area contributed by atoms with E-state index in [1.54, 1.807) is 47.0 Å². The third-order valence-electron chi connectivity index (χ3n) is 11.3. The van der Waals surface area contributed by atoms with Crippen molar-refractivity contribution < 1.29 is 62.0 Å². The van der Waals surface area contributed by atoms with Gasteiger partial charge in [-0.15, -0.1) is 0 Å². The molecule has 0 aliphatic carbocycles. The average Bonchev–Trinajstić information content (AvgIpc) is 3.61. The zero-order valence-corrected chi connectivity index (χ0v) is 34.5.